The molecular weight excluding hydrogens is 352 g/mol. The van der Waals surface area contributed by atoms with Gasteiger partial charge in [-0.25, -0.2) is 4.98 Å². The maximum absolute atomic E-state index is 13.0. The fourth-order valence-corrected chi connectivity index (χ4v) is 3.73. The average molecular weight is 372 g/mol. The van der Waals surface area contributed by atoms with Gasteiger partial charge in [0.05, 0.1) is 24.3 Å². The van der Waals surface area contributed by atoms with Gasteiger partial charge in [0, 0.05) is 29.6 Å². The van der Waals surface area contributed by atoms with Crippen molar-refractivity contribution >= 4 is 28.6 Å². The quantitative estimate of drug-likeness (QED) is 0.642. The molecule has 0 amide bonds. The van der Waals surface area contributed by atoms with Gasteiger partial charge in [0.15, 0.2) is 5.78 Å². The largest absolute Gasteiger partial charge is 0.488 e. The molecule has 2 aromatic carbocycles. The van der Waals surface area contributed by atoms with E-state index in [9.17, 15) is 4.79 Å². The second kappa shape index (κ2) is 7.09. The Balaban J connectivity index is 1.61. The van der Waals surface area contributed by atoms with Crippen molar-refractivity contribution in [3.8, 4) is 5.75 Å². The zero-order valence-corrected chi connectivity index (χ0v) is 15.4. The van der Waals surface area contributed by atoms with Gasteiger partial charge in [-0.3, -0.25) is 4.79 Å². The Morgan fingerprint density at radius 3 is 2.68 bits per heavy atom. The molecule has 5 nitrogen and oxygen atoms in total. The Bertz CT molecular complexity index is 1080. The maximum Gasteiger partial charge on any atom is 0.196 e. The van der Waals surface area contributed by atoms with E-state index in [1.807, 2.05) is 54.6 Å². The molecule has 0 radical (unpaired) electrons. The van der Waals surface area contributed by atoms with E-state index in [1.165, 1.54) is 0 Å². The fourth-order valence-electron chi connectivity index (χ4n) is 3.73. The lowest BCUT2D eigenvalue weighted by Crippen LogP contribution is -2.37. The molecule has 1 saturated heterocycles. The molecule has 0 spiro atoms. The van der Waals surface area contributed by atoms with Crippen LogP contribution in [0.2, 0.25) is 0 Å². The number of anilines is 1. The maximum atomic E-state index is 13.0. The summed E-state index contributed by atoms with van der Waals surface area (Å²) in [5.41, 5.74) is 3.14. The fraction of sp³-hybridized carbons (Fsp3) is 0.217. The van der Waals surface area contributed by atoms with Crippen molar-refractivity contribution in [3.05, 3.63) is 71.3 Å². The molecule has 140 valence electrons. The molecule has 0 saturated carbocycles. The minimum absolute atomic E-state index is 0.0166. The van der Waals surface area contributed by atoms with E-state index < -0.39 is 0 Å². The predicted octanol–water partition coefficient (Wildman–Crippen LogP) is 3.73. The summed E-state index contributed by atoms with van der Waals surface area (Å²) in [4.78, 5) is 20.1. The Labute approximate surface area is 163 Å². The molecule has 0 unspecified atom stereocenters. The van der Waals surface area contributed by atoms with Crippen LogP contribution < -0.4 is 9.64 Å². The third-order valence-corrected chi connectivity index (χ3v) is 5.18. The molecule has 0 atom stereocenters. The summed E-state index contributed by atoms with van der Waals surface area (Å²) in [6, 6.07) is 17.5. The minimum atomic E-state index is 0.0166. The number of ketones is 1. The highest BCUT2D eigenvalue weighted by atomic mass is 16.5. The van der Waals surface area contributed by atoms with Crippen molar-refractivity contribution in [2.75, 3.05) is 37.8 Å². The smallest absolute Gasteiger partial charge is 0.196 e. The number of hydrogen-bond donors (Lipinski definition) is 0. The lowest BCUT2D eigenvalue weighted by atomic mass is 9.98. The van der Waals surface area contributed by atoms with Gasteiger partial charge in [-0.15, -0.1) is 0 Å². The van der Waals surface area contributed by atoms with Crippen molar-refractivity contribution < 1.29 is 14.3 Å². The van der Waals surface area contributed by atoms with Crippen molar-refractivity contribution in [2.24, 2.45) is 0 Å². The summed E-state index contributed by atoms with van der Waals surface area (Å²) < 4.78 is 11.3. The zero-order valence-electron chi connectivity index (χ0n) is 15.4. The van der Waals surface area contributed by atoms with Crippen LogP contribution in [0.4, 0.5) is 5.82 Å². The highest BCUT2D eigenvalue weighted by Gasteiger charge is 2.24. The van der Waals surface area contributed by atoms with Crippen molar-refractivity contribution in [1.82, 2.24) is 4.98 Å². The molecule has 3 heterocycles. The van der Waals surface area contributed by atoms with Crippen LogP contribution in [0.3, 0.4) is 0 Å². The molecule has 5 rings (SSSR count). The monoisotopic (exact) mass is 372 g/mol. The number of carbonyl (C=O) groups excluding carboxylic acids is 1. The van der Waals surface area contributed by atoms with E-state index in [2.05, 4.69) is 11.0 Å². The summed E-state index contributed by atoms with van der Waals surface area (Å²) in [5, 5.41) is 1.05. The third-order valence-electron chi connectivity index (χ3n) is 5.18. The number of rotatable bonds is 2. The first-order valence-corrected chi connectivity index (χ1v) is 9.49. The second-order valence-corrected chi connectivity index (χ2v) is 6.98. The van der Waals surface area contributed by atoms with Crippen LogP contribution in [0.15, 0.2) is 60.2 Å². The third kappa shape index (κ3) is 3.04. The van der Waals surface area contributed by atoms with Crippen LogP contribution in [0.5, 0.6) is 5.75 Å². The first-order valence-electron chi connectivity index (χ1n) is 9.49. The second-order valence-electron chi connectivity index (χ2n) is 6.98. The summed E-state index contributed by atoms with van der Waals surface area (Å²) in [5.74, 6) is 1.55. The van der Waals surface area contributed by atoms with E-state index in [0.29, 0.717) is 30.1 Å². The number of para-hydroxylation sites is 2. The molecule has 3 aromatic rings. The van der Waals surface area contributed by atoms with E-state index in [0.717, 1.165) is 35.4 Å². The van der Waals surface area contributed by atoms with Crippen LogP contribution >= 0.6 is 0 Å². The molecule has 1 aromatic heterocycles. The highest BCUT2D eigenvalue weighted by Crippen LogP contribution is 2.31. The van der Waals surface area contributed by atoms with E-state index >= 15 is 0 Å². The SMILES string of the molecule is O=C1C(=Cc2cc3ccccc3nc2N2CCOCC2)COc2ccccc21. The van der Waals surface area contributed by atoms with E-state index in [4.69, 9.17) is 14.5 Å². The number of benzene rings is 2. The van der Waals surface area contributed by atoms with Crippen LogP contribution in [0, 0.1) is 0 Å². The van der Waals surface area contributed by atoms with E-state index in [1.54, 1.807) is 0 Å². The van der Waals surface area contributed by atoms with Crippen molar-refractivity contribution in [3.63, 3.8) is 0 Å². The lowest BCUT2D eigenvalue weighted by Gasteiger charge is -2.29. The van der Waals surface area contributed by atoms with Crippen LogP contribution in [-0.4, -0.2) is 43.7 Å². The van der Waals surface area contributed by atoms with Crippen molar-refractivity contribution in [2.45, 2.75) is 0 Å². The first-order chi connectivity index (χ1) is 13.8. The van der Waals surface area contributed by atoms with Crippen LogP contribution in [-0.2, 0) is 4.74 Å². The lowest BCUT2D eigenvalue weighted by molar-refractivity contribution is 0.100. The van der Waals surface area contributed by atoms with Gasteiger partial charge in [-0.1, -0.05) is 30.3 Å². The molecule has 2 aliphatic heterocycles. The summed E-state index contributed by atoms with van der Waals surface area (Å²) in [7, 11) is 0. The van der Waals surface area contributed by atoms with Gasteiger partial charge in [-0.2, -0.15) is 0 Å². The summed E-state index contributed by atoms with van der Waals surface area (Å²) in [6.07, 6.45) is 1.93. The standard InChI is InChI=1S/C23H20N2O3/c26-22-18(15-28-21-8-4-2-6-19(21)22)14-17-13-16-5-1-3-7-20(16)24-23(17)25-9-11-27-12-10-25/h1-8,13-14H,9-12,15H2. The van der Waals surface area contributed by atoms with Gasteiger partial charge in [-0.05, 0) is 30.3 Å². The van der Waals surface area contributed by atoms with E-state index in [-0.39, 0.29) is 12.4 Å². The summed E-state index contributed by atoms with van der Waals surface area (Å²) >= 11 is 0. The normalized spacial score (nSPS) is 18.2. The number of Topliss-reactive ketones (excluding diaryl/α,β-unsaturated/α-hetero) is 1. The Morgan fingerprint density at radius 1 is 1.00 bits per heavy atom. The molecule has 28 heavy (non-hydrogen) atoms. The molecular formula is C23H20N2O3. The topological polar surface area (TPSA) is 51.7 Å². The molecule has 1 fully saturated rings. The molecule has 5 heteroatoms. The number of morpholine rings is 1. The Hall–Kier alpha value is -3.18. The number of hydrogen-bond acceptors (Lipinski definition) is 5. The number of carbonyl (C=O) groups is 1. The predicted molar refractivity (Wildman–Crippen MR) is 109 cm³/mol. The highest BCUT2D eigenvalue weighted by molar-refractivity contribution is 6.14. The summed E-state index contributed by atoms with van der Waals surface area (Å²) in [6.45, 7) is 3.20. The molecule has 0 bridgehead atoms. The number of aromatic nitrogens is 1. The first kappa shape index (κ1) is 17.0. The molecule has 0 N–H and O–H groups in total. The number of fused-ring (bicyclic) bond motifs is 2. The van der Waals surface area contributed by atoms with Gasteiger partial charge >= 0.3 is 0 Å². The number of ether oxygens (including phenoxy) is 2. The number of nitrogens with zero attached hydrogens (tertiary/aromatic N) is 2. The van der Waals surface area contributed by atoms with Gasteiger partial charge < -0.3 is 14.4 Å². The average Bonchev–Trinajstić information content (AvgIpc) is 2.76. The van der Waals surface area contributed by atoms with Gasteiger partial charge in [0.25, 0.3) is 0 Å². The Kier molecular flexibility index (Phi) is 4.29. The molecule has 0 aliphatic carbocycles. The number of pyridine rings is 1. The van der Waals surface area contributed by atoms with Crippen LogP contribution in [0.25, 0.3) is 17.0 Å². The minimum Gasteiger partial charge on any atom is -0.488 e. The zero-order chi connectivity index (χ0) is 18.9. The van der Waals surface area contributed by atoms with Gasteiger partial charge in [0.2, 0.25) is 0 Å². The van der Waals surface area contributed by atoms with Crippen LogP contribution in [0.1, 0.15) is 15.9 Å². The Morgan fingerprint density at radius 2 is 1.79 bits per heavy atom. The van der Waals surface area contributed by atoms with Crippen molar-refractivity contribution in [1.29, 1.82) is 0 Å². The van der Waals surface area contributed by atoms with Gasteiger partial charge in [0.1, 0.15) is 18.2 Å². The molecule has 2 aliphatic rings.